The van der Waals surface area contributed by atoms with Crippen LogP contribution >= 0.6 is 0 Å². The molecule has 2 atom stereocenters. The minimum absolute atomic E-state index is 0.00866. The van der Waals surface area contributed by atoms with E-state index in [-0.39, 0.29) is 17.9 Å². The monoisotopic (exact) mass is 550 g/mol. The Kier molecular flexibility index (Phi) is 9.04. The highest BCUT2D eigenvalue weighted by Crippen LogP contribution is 2.39. The van der Waals surface area contributed by atoms with Crippen molar-refractivity contribution in [2.75, 3.05) is 13.2 Å². The van der Waals surface area contributed by atoms with E-state index in [1.165, 1.54) is 6.08 Å². The van der Waals surface area contributed by atoms with E-state index in [0.29, 0.717) is 37.6 Å². The van der Waals surface area contributed by atoms with Gasteiger partial charge in [-0.05, 0) is 93.5 Å². The Morgan fingerprint density at radius 1 is 1.15 bits per heavy atom. The van der Waals surface area contributed by atoms with Crippen LogP contribution in [0.15, 0.2) is 60.5 Å². The van der Waals surface area contributed by atoms with Crippen LogP contribution in [0.25, 0.3) is 5.57 Å². The van der Waals surface area contributed by atoms with Crippen LogP contribution in [0.2, 0.25) is 0 Å². The van der Waals surface area contributed by atoms with Crippen LogP contribution in [0.1, 0.15) is 74.1 Å². The van der Waals surface area contributed by atoms with Crippen LogP contribution in [-0.2, 0) is 4.79 Å². The van der Waals surface area contributed by atoms with E-state index in [4.69, 9.17) is 19.3 Å². The molecule has 2 aromatic carbocycles. The second-order valence-electron chi connectivity index (χ2n) is 11.4. The summed E-state index contributed by atoms with van der Waals surface area (Å²) in [4.78, 5) is 11.1. The lowest BCUT2D eigenvalue weighted by Gasteiger charge is -2.21. The number of fused-ring (bicyclic) bond motifs is 1. The number of rotatable bonds is 9. The van der Waals surface area contributed by atoms with Gasteiger partial charge in [-0.15, -0.1) is 0 Å². The summed E-state index contributed by atoms with van der Waals surface area (Å²) in [5.74, 6) is 0.416. The fourth-order valence-corrected chi connectivity index (χ4v) is 5.32. The molecular weight excluding hydrogens is 511 g/mol. The Hall–Kier alpha value is -3.58. The van der Waals surface area contributed by atoms with Gasteiger partial charge < -0.3 is 24.4 Å². The van der Waals surface area contributed by atoms with Gasteiger partial charge in [0.05, 0.1) is 25.2 Å². The van der Waals surface area contributed by atoms with Crippen LogP contribution in [0, 0.1) is 13.8 Å². The maximum atomic E-state index is 15.2. The second kappa shape index (κ2) is 12.3. The first-order valence-corrected chi connectivity index (χ1v) is 13.8. The summed E-state index contributed by atoms with van der Waals surface area (Å²) in [7, 11) is 0. The van der Waals surface area contributed by atoms with Gasteiger partial charge in [-0.2, -0.15) is 0 Å². The van der Waals surface area contributed by atoms with Gasteiger partial charge in [-0.3, -0.25) is 4.79 Å². The summed E-state index contributed by atoms with van der Waals surface area (Å²) in [6.07, 6.45) is 5.36. The fraction of sp³-hybridized carbons (Fsp3) is 0.424. The first kappa shape index (κ1) is 29.4. The average molecular weight is 551 g/mol. The molecule has 0 saturated carbocycles. The average Bonchev–Trinajstić information content (AvgIpc) is 3.27. The van der Waals surface area contributed by atoms with Gasteiger partial charge in [0.1, 0.15) is 29.2 Å². The number of aryl methyl sites for hydroxylation is 2. The zero-order valence-corrected chi connectivity index (χ0v) is 23.8. The quantitative estimate of drug-likeness (QED) is 0.343. The van der Waals surface area contributed by atoms with Gasteiger partial charge in [0.25, 0.3) is 0 Å². The number of allylic oxidation sites excluding steroid dienone is 3. The molecule has 40 heavy (non-hydrogen) atoms. The van der Waals surface area contributed by atoms with E-state index in [1.54, 1.807) is 26.0 Å². The Morgan fingerprint density at radius 3 is 2.55 bits per heavy atom. The molecule has 0 bridgehead atoms. The number of hydrogen-bond acceptors (Lipinski definition) is 5. The summed E-state index contributed by atoms with van der Waals surface area (Å²) in [6.45, 7) is 12.3. The number of hydrogen-bond donors (Lipinski definition) is 2. The Balaban J connectivity index is 1.46. The number of carboxylic acids is 1. The summed E-state index contributed by atoms with van der Waals surface area (Å²) in [5, 5.41) is 19.1. The van der Waals surface area contributed by atoms with Gasteiger partial charge in [-0.25, -0.2) is 4.39 Å². The topological polar surface area (TPSA) is 85.2 Å². The van der Waals surface area contributed by atoms with Crippen LogP contribution in [0.3, 0.4) is 0 Å². The van der Waals surface area contributed by atoms with Crippen molar-refractivity contribution in [1.29, 1.82) is 0 Å². The normalized spacial score (nSPS) is 22.0. The molecule has 1 aliphatic heterocycles. The molecule has 7 heteroatoms. The molecule has 2 aromatic rings. The molecular formula is C33H39FO6. The van der Waals surface area contributed by atoms with Crippen LogP contribution in [0.4, 0.5) is 4.39 Å². The molecule has 6 nitrogen and oxygen atoms in total. The predicted molar refractivity (Wildman–Crippen MR) is 154 cm³/mol. The minimum Gasteiger partial charge on any atom is -0.493 e. The van der Waals surface area contributed by atoms with Crippen molar-refractivity contribution < 1.29 is 33.6 Å². The van der Waals surface area contributed by atoms with Gasteiger partial charge in [0.15, 0.2) is 0 Å². The van der Waals surface area contributed by atoms with Crippen molar-refractivity contribution in [1.82, 2.24) is 0 Å². The highest BCUT2D eigenvalue weighted by Gasteiger charge is 2.28. The lowest BCUT2D eigenvalue weighted by Crippen LogP contribution is -2.21. The molecule has 1 aliphatic carbocycles. The molecule has 0 amide bonds. The van der Waals surface area contributed by atoms with Crippen molar-refractivity contribution in [2.24, 2.45) is 0 Å². The van der Waals surface area contributed by atoms with E-state index in [2.05, 4.69) is 6.58 Å². The number of carboxylic acid groups (broad SMARTS) is 1. The predicted octanol–water partition coefficient (Wildman–Crippen LogP) is 7.22. The van der Waals surface area contributed by atoms with E-state index in [0.717, 1.165) is 46.4 Å². The van der Waals surface area contributed by atoms with Crippen LogP contribution in [0.5, 0.6) is 17.2 Å². The molecule has 214 valence electrons. The molecule has 0 unspecified atom stereocenters. The number of halogens is 1. The standard InChI is InChI=1S/C33H39FO6/c1-20-15-26(38-14-13-33(4,5)37)16-21(2)32(20)23-7-6-8-29(22(3)28(34)12-9-23)40-25-10-11-27-24(17-31(35)36)19-39-30(27)18-25/h9-12,15-16,18,24,29,37H,3,6-8,13-14,17,19H2,1-2,4-5H3,(H,35,36)/b23-9+,28-12+/t24-,29-/m1/s1. The third kappa shape index (κ3) is 7.33. The summed E-state index contributed by atoms with van der Waals surface area (Å²) >= 11 is 0. The molecule has 0 spiro atoms. The van der Waals surface area contributed by atoms with Crippen molar-refractivity contribution in [3.8, 4) is 17.2 Å². The maximum absolute atomic E-state index is 15.2. The molecule has 2 aliphatic rings. The minimum atomic E-state index is -0.865. The zero-order chi connectivity index (χ0) is 29.0. The molecule has 2 N–H and O–H groups in total. The van der Waals surface area contributed by atoms with Gasteiger partial charge in [0, 0.05) is 29.5 Å². The Labute approximate surface area is 235 Å². The molecule has 0 saturated heterocycles. The first-order valence-electron chi connectivity index (χ1n) is 13.8. The SMILES string of the molecule is C=C1/C(F)=C\C=C(\c2c(C)cc(OCCC(C)(C)O)cc2C)CCC[C@H]1Oc1ccc2c(c1)OC[C@H]2CC(=O)O. The first-order chi connectivity index (χ1) is 18.9. The van der Waals surface area contributed by atoms with Crippen LogP contribution in [-0.4, -0.2) is 41.1 Å². The van der Waals surface area contributed by atoms with Gasteiger partial charge in [-0.1, -0.05) is 18.7 Å². The Bertz CT molecular complexity index is 1310. The zero-order valence-electron chi connectivity index (χ0n) is 23.8. The van der Waals surface area contributed by atoms with Gasteiger partial charge >= 0.3 is 5.97 Å². The lowest BCUT2D eigenvalue weighted by atomic mass is 9.91. The summed E-state index contributed by atoms with van der Waals surface area (Å²) < 4.78 is 33.0. The number of aliphatic hydroxyl groups is 1. The van der Waals surface area contributed by atoms with Crippen LogP contribution < -0.4 is 14.2 Å². The third-order valence-electron chi connectivity index (χ3n) is 7.41. The summed E-state index contributed by atoms with van der Waals surface area (Å²) in [6, 6.07) is 9.34. The summed E-state index contributed by atoms with van der Waals surface area (Å²) in [5.41, 5.74) is 4.56. The van der Waals surface area contributed by atoms with E-state index < -0.39 is 23.5 Å². The molecule has 0 radical (unpaired) electrons. The fourth-order valence-electron chi connectivity index (χ4n) is 5.32. The second-order valence-corrected chi connectivity index (χ2v) is 11.4. The highest BCUT2D eigenvalue weighted by molar-refractivity contribution is 5.73. The smallest absolute Gasteiger partial charge is 0.304 e. The van der Waals surface area contributed by atoms with E-state index in [1.807, 2.05) is 38.1 Å². The van der Waals surface area contributed by atoms with E-state index >= 15 is 4.39 Å². The molecule has 0 aromatic heterocycles. The van der Waals surface area contributed by atoms with Gasteiger partial charge in [0.2, 0.25) is 0 Å². The number of carbonyl (C=O) groups is 1. The van der Waals surface area contributed by atoms with E-state index in [9.17, 15) is 9.90 Å². The molecule has 0 fully saturated rings. The molecule has 4 rings (SSSR count). The maximum Gasteiger partial charge on any atom is 0.304 e. The lowest BCUT2D eigenvalue weighted by molar-refractivity contribution is -0.137. The Morgan fingerprint density at radius 2 is 1.88 bits per heavy atom. The van der Waals surface area contributed by atoms with Crippen molar-refractivity contribution >= 4 is 11.5 Å². The number of aliphatic carboxylic acids is 1. The van der Waals surface area contributed by atoms with Crippen molar-refractivity contribution in [2.45, 2.75) is 77.4 Å². The third-order valence-corrected chi connectivity index (χ3v) is 7.41. The number of benzene rings is 2. The molecule has 1 heterocycles. The largest absolute Gasteiger partial charge is 0.493 e. The highest BCUT2D eigenvalue weighted by atomic mass is 19.1. The van der Waals surface area contributed by atoms with Crippen molar-refractivity contribution in [3.63, 3.8) is 0 Å². The van der Waals surface area contributed by atoms with Crippen molar-refractivity contribution in [3.05, 3.63) is 82.7 Å². The number of ether oxygens (including phenoxy) is 3.